The second kappa shape index (κ2) is 4.80. The molecular weight excluding hydrogens is 230 g/mol. The van der Waals surface area contributed by atoms with Crippen LogP contribution in [0.2, 0.25) is 0 Å². The number of aliphatic carboxylic acids is 1. The van der Waals surface area contributed by atoms with Gasteiger partial charge in [0.05, 0.1) is 0 Å². The lowest BCUT2D eigenvalue weighted by Gasteiger charge is -2.27. The van der Waals surface area contributed by atoms with Crippen molar-refractivity contribution in [3.8, 4) is 0 Å². The molecule has 96 valence electrons. The monoisotopic (exact) mass is 247 g/mol. The summed E-state index contributed by atoms with van der Waals surface area (Å²) in [5.74, 6) is -0.966. The zero-order chi connectivity index (χ0) is 13.3. The molecule has 1 fully saturated rings. The fraction of sp³-hybridized carbons (Fsp3) is 0.429. The van der Waals surface area contributed by atoms with E-state index in [1.807, 2.05) is 32.0 Å². The van der Waals surface area contributed by atoms with E-state index in [0.29, 0.717) is 6.41 Å². The maximum atomic E-state index is 11.5. The number of rotatable bonds is 5. The van der Waals surface area contributed by atoms with Gasteiger partial charge in [-0.05, 0) is 43.4 Å². The van der Waals surface area contributed by atoms with Gasteiger partial charge in [-0.25, -0.2) is 4.79 Å². The molecule has 0 radical (unpaired) electrons. The zero-order valence-electron chi connectivity index (χ0n) is 10.6. The highest BCUT2D eigenvalue weighted by atomic mass is 16.4. The van der Waals surface area contributed by atoms with Crippen molar-refractivity contribution < 1.29 is 14.7 Å². The summed E-state index contributed by atoms with van der Waals surface area (Å²) in [6, 6.07) is 4.89. The van der Waals surface area contributed by atoms with Gasteiger partial charge in [-0.3, -0.25) is 4.79 Å². The molecule has 1 saturated carbocycles. The first-order valence-electron chi connectivity index (χ1n) is 6.08. The van der Waals surface area contributed by atoms with E-state index in [2.05, 4.69) is 0 Å². The number of amides is 1. The zero-order valence-corrected chi connectivity index (χ0v) is 10.6. The van der Waals surface area contributed by atoms with E-state index in [-0.39, 0.29) is 6.04 Å². The van der Waals surface area contributed by atoms with Crippen LogP contribution in [0.4, 0.5) is 0 Å². The minimum Gasteiger partial charge on any atom is -0.479 e. The molecule has 18 heavy (non-hydrogen) atoms. The Morgan fingerprint density at radius 1 is 1.39 bits per heavy atom. The second-order valence-electron chi connectivity index (χ2n) is 4.83. The first kappa shape index (κ1) is 12.6. The van der Waals surface area contributed by atoms with E-state index in [1.165, 1.54) is 4.90 Å². The Kier molecular flexibility index (Phi) is 3.36. The second-order valence-corrected chi connectivity index (χ2v) is 4.83. The molecule has 1 aliphatic rings. The number of hydrogen-bond acceptors (Lipinski definition) is 2. The average Bonchev–Trinajstić information content (AvgIpc) is 3.11. The Bertz CT molecular complexity index is 460. The molecule has 1 N–H and O–H groups in total. The first-order chi connectivity index (χ1) is 8.56. The molecule has 4 nitrogen and oxygen atoms in total. The van der Waals surface area contributed by atoms with Crippen molar-refractivity contribution in [2.24, 2.45) is 0 Å². The summed E-state index contributed by atoms with van der Waals surface area (Å²) in [6.45, 7) is 3.77. The Balaban J connectivity index is 2.46. The van der Waals surface area contributed by atoms with E-state index in [1.54, 1.807) is 0 Å². The number of aryl methyl sites for hydroxylation is 2. The maximum Gasteiger partial charge on any atom is 0.331 e. The molecule has 0 aliphatic heterocycles. The summed E-state index contributed by atoms with van der Waals surface area (Å²) in [6.07, 6.45) is 2.46. The Labute approximate surface area is 106 Å². The van der Waals surface area contributed by atoms with Gasteiger partial charge in [-0.2, -0.15) is 0 Å². The quantitative estimate of drug-likeness (QED) is 0.810. The molecule has 0 aromatic heterocycles. The fourth-order valence-electron chi connectivity index (χ4n) is 2.39. The van der Waals surface area contributed by atoms with Crippen molar-refractivity contribution >= 4 is 12.4 Å². The number of hydrogen-bond donors (Lipinski definition) is 1. The van der Waals surface area contributed by atoms with Crippen LogP contribution in [0.5, 0.6) is 0 Å². The molecule has 1 aliphatic carbocycles. The molecule has 1 amide bonds. The molecule has 4 heteroatoms. The molecule has 1 unspecified atom stereocenters. The topological polar surface area (TPSA) is 57.6 Å². The number of carboxylic acid groups (broad SMARTS) is 1. The number of benzene rings is 1. The van der Waals surface area contributed by atoms with Gasteiger partial charge in [0, 0.05) is 6.04 Å². The minimum atomic E-state index is -0.966. The van der Waals surface area contributed by atoms with Gasteiger partial charge in [0.1, 0.15) is 0 Å². The Morgan fingerprint density at radius 3 is 2.33 bits per heavy atom. The summed E-state index contributed by atoms with van der Waals surface area (Å²) in [4.78, 5) is 24.2. The van der Waals surface area contributed by atoms with Crippen LogP contribution in [0, 0.1) is 13.8 Å². The summed E-state index contributed by atoms with van der Waals surface area (Å²) in [5, 5.41) is 9.45. The molecule has 0 heterocycles. The van der Waals surface area contributed by atoms with Crippen LogP contribution >= 0.6 is 0 Å². The van der Waals surface area contributed by atoms with Gasteiger partial charge in [0.15, 0.2) is 6.04 Å². The van der Waals surface area contributed by atoms with E-state index in [0.717, 1.165) is 29.5 Å². The van der Waals surface area contributed by atoms with Crippen molar-refractivity contribution in [1.29, 1.82) is 0 Å². The molecule has 0 bridgehead atoms. The van der Waals surface area contributed by atoms with Crippen molar-refractivity contribution in [2.45, 2.75) is 38.8 Å². The predicted octanol–water partition coefficient (Wildman–Crippen LogP) is 2.05. The number of carbonyl (C=O) groups excluding carboxylic acids is 1. The van der Waals surface area contributed by atoms with E-state index < -0.39 is 12.0 Å². The third-order valence-corrected chi connectivity index (χ3v) is 3.44. The largest absolute Gasteiger partial charge is 0.479 e. The van der Waals surface area contributed by atoms with Crippen molar-refractivity contribution in [1.82, 2.24) is 4.90 Å². The van der Waals surface area contributed by atoms with Gasteiger partial charge in [-0.1, -0.05) is 18.2 Å². The lowest BCUT2D eigenvalue weighted by atomic mass is 9.95. The average molecular weight is 247 g/mol. The third kappa shape index (κ3) is 2.23. The van der Waals surface area contributed by atoms with Crippen molar-refractivity contribution in [2.75, 3.05) is 0 Å². The SMILES string of the molecule is Cc1cccc(C)c1C(C(=O)O)N(C=O)C1CC1. The Hall–Kier alpha value is -1.84. The van der Waals surface area contributed by atoms with E-state index in [4.69, 9.17) is 0 Å². The van der Waals surface area contributed by atoms with Crippen LogP contribution in [-0.2, 0) is 9.59 Å². The van der Waals surface area contributed by atoms with Gasteiger partial charge in [-0.15, -0.1) is 0 Å². The van der Waals surface area contributed by atoms with Crippen LogP contribution in [0.3, 0.4) is 0 Å². The van der Waals surface area contributed by atoms with Crippen LogP contribution in [-0.4, -0.2) is 28.4 Å². The van der Waals surface area contributed by atoms with Crippen molar-refractivity contribution in [3.63, 3.8) is 0 Å². The highest BCUT2D eigenvalue weighted by molar-refractivity contribution is 5.79. The number of carboxylic acids is 1. The molecule has 1 aromatic carbocycles. The normalized spacial score (nSPS) is 16.1. The maximum absolute atomic E-state index is 11.5. The summed E-state index contributed by atoms with van der Waals surface area (Å²) in [5.41, 5.74) is 2.56. The van der Waals surface area contributed by atoms with Gasteiger partial charge < -0.3 is 10.0 Å². The first-order valence-corrected chi connectivity index (χ1v) is 6.08. The fourth-order valence-corrected chi connectivity index (χ4v) is 2.39. The van der Waals surface area contributed by atoms with Gasteiger partial charge in [0.25, 0.3) is 0 Å². The smallest absolute Gasteiger partial charge is 0.331 e. The van der Waals surface area contributed by atoms with Gasteiger partial charge in [0.2, 0.25) is 6.41 Å². The molecule has 2 rings (SSSR count). The third-order valence-electron chi connectivity index (χ3n) is 3.44. The van der Waals surface area contributed by atoms with Crippen LogP contribution in [0.25, 0.3) is 0 Å². The highest BCUT2D eigenvalue weighted by Gasteiger charge is 2.38. The Morgan fingerprint density at radius 2 is 1.94 bits per heavy atom. The lowest BCUT2D eigenvalue weighted by Crippen LogP contribution is -2.35. The standard InChI is InChI=1S/C14H17NO3/c1-9-4-3-5-10(2)12(9)13(14(17)18)15(8-16)11-6-7-11/h3-5,8,11,13H,6-7H2,1-2H3,(H,17,18). The van der Waals surface area contributed by atoms with E-state index >= 15 is 0 Å². The number of nitrogens with zero attached hydrogens (tertiary/aromatic N) is 1. The summed E-state index contributed by atoms with van der Waals surface area (Å²) < 4.78 is 0. The molecule has 0 saturated heterocycles. The van der Waals surface area contributed by atoms with Crippen LogP contribution < -0.4 is 0 Å². The highest BCUT2D eigenvalue weighted by Crippen LogP contribution is 2.35. The summed E-state index contributed by atoms with van der Waals surface area (Å²) >= 11 is 0. The van der Waals surface area contributed by atoms with Crippen molar-refractivity contribution in [3.05, 3.63) is 34.9 Å². The van der Waals surface area contributed by atoms with Crippen LogP contribution in [0.15, 0.2) is 18.2 Å². The minimum absolute atomic E-state index is 0.0857. The van der Waals surface area contributed by atoms with Gasteiger partial charge >= 0.3 is 5.97 Å². The molecule has 1 aromatic rings. The number of carbonyl (C=O) groups is 2. The van der Waals surface area contributed by atoms with E-state index in [9.17, 15) is 14.7 Å². The molecular formula is C14H17NO3. The lowest BCUT2D eigenvalue weighted by molar-refractivity contribution is -0.147. The molecule has 0 spiro atoms. The molecule has 1 atom stereocenters. The van der Waals surface area contributed by atoms with Crippen LogP contribution in [0.1, 0.15) is 35.6 Å². The summed E-state index contributed by atoms with van der Waals surface area (Å²) in [7, 11) is 0. The predicted molar refractivity (Wildman–Crippen MR) is 67.2 cm³/mol.